The lowest BCUT2D eigenvalue weighted by molar-refractivity contribution is 0.160. The number of pyridine rings is 1. The number of aryl methyl sites for hydroxylation is 1. The van der Waals surface area contributed by atoms with Crippen LogP contribution in [0.3, 0.4) is 0 Å². The van der Waals surface area contributed by atoms with E-state index < -0.39 is 6.10 Å². The van der Waals surface area contributed by atoms with Crippen LogP contribution in [-0.2, 0) is 6.42 Å². The second-order valence-corrected chi connectivity index (χ2v) is 8.13. The highest BCUT2D eigenvalue weighted by atomic mass is 35.5. The number of nitrogens with one attached hydrogen (secondary N) is 2. The van der Waals surface area contributed by atoms with Crippen molar-refractivity contribution >= 4 is 34.9 Å². The van der Waals surface area contributed by atoms with Gasteiger partial charge in [0.25, 0.3) is 0 Å². The van der Waals surface area contributed by atoms with E-state index in [0.717, 1.165) is 17.9 Å². The zero-order valence-corrected chi connectivity index (χ0v) is 18.0. The number of aliphatic hydroxyl groups excluding tert-OH is 1. The molecule has 7 heteroatoms. The van der Waals surface area contributed by atoms with Crippen LogP contribution < -0.4 is 10.9 Å². The summed E-state index contributed by atoms with van der Waals surface area (Å²) >= 11 is 5.93. The normalized spacial score (nSPS) is 12.6. The van der Waals surface area contributed by atoms with E-state index in [1.54, 1.807) is 12.1 Å². The molecule has 0 amide bonds. The average molecular weight is 437 g/mol. The van der Waals surface area contributed by atoms with E-state index >= 15 is 0 Å². The summed E-state index contributed by atoms with van der Waals surface area (Å²) in [6.07, 6.45) is 1.02. The Morgan fingerprint density at radius 2 is 1.79 bits per heavy atom. The number of H-pyrrole nitrogens is 1. The Kier molecular flexibility index (Phi) is 7.72. The number of benzene rings is 2. The van der Waals surface area contributed by atoms with Gasteiger partial charge >= 0.3 is 0 Å². The van der Waals surface area contributed by atoms with Gasteiger partial charge in [-0.15, -0.1) is 12.4 Å². The van der Waals surface area contributed by atoms with Crippen LogP contribution in [0.15, 0.2) is 53.3 Å². The third-order valence-electron chi connectivity index (χ3n) is 4.99. The average Bonchev–Trinajstić information content (AvgIpc) is 2.66. The highest BCUT2D eigenvalue weighted by molar-refractivity contribution is 6.30. The molecule has 156 valence electrons. The van der Waals surface area contributed by atoms with E-state index in [9.17, 15) is 15.0 Å². The number of fused-ring (bicyclic) bond motifs is 1. The first kappa shape index (κ1) is 23.2. The molecule has 3 rings (SSSR count). The van der Waals surface area contributed by atoms with E-state index in [4.69, 9.17) is 11.6 Å². The summed E-state index contributed by atoms with van der Waals surface area (Å²) < 4.78 is 0. The lowest BCUT2D eigenvalue weighted by atomic mass is 9.94. The maximum atomic E-state index is 11.5. The van der Waals surface area contributed by atoms with Gasteiger partial charge in [-0.2, -0.15) is 0 Å². The molecule has 5 nitrogen and oxygen atoms in total. The molecule has 0 fully saturated rings. The molecule has 1 heterocycles. The highest BCUT2D eigenvalue weighted by Crippen LogP contribution is 2.29. The van der Waals surface area contributed by atoms with Gasteiger partial charge in [0, 0.05) is 28.6 Å². The number of β-amino-alcohol motifs (C(OH)–C–C–N with tert-alkyl or cyclic N) is 1. The molecule has 0 aliphatic rings. The monoisotopic (exact) mass is 436 g/mol. The van der Waals surface area contributed by atoms with Crippen LogP contribution in [0.5, 0.6) is 5.75 Å². The fourth-order valence-electron chi connectivity index (χ4n) is 3.23. The minimum Gasteiger partial charge on any atom is -0.506 e. The molecular weight excluding hydrogens is 411 g/mol. The van der Waals surface area contributed by atoms with Crippen molar-refractivity contribution in [3.8, 4) is 5.75 Å². The molecule has 1 unspecified atom stereocenters. The van der Waals surface area contributed by atoms with Crippen LogP contribution in [0.1, 0.15) is 37.5 Å². The van der Waals surface area contributed by atoms with E-state index in [1.807, 2.05) is 24.3 Å². The lowest BCUT2D eigenvalue weighted by Gasteiger charge is -2.28. The fourth-order valence-corrected chi connectivity index (χ4v) is 3.35. The molecule has 0 saturated heterocycles. The molecule has 0 bridgehead atoms. The van der Waals surface area contributed by atoms with Crippen molar-refractivity contribution in [2.75, 3.05) is 6.54 Å². The third-order valence-corrected chi connectivity index (χ3v) is 5.24. The van der Waals surface area contributed by atoms with E-state index in [2.05, 4.69) is 24.1 Å². The third kappa shape index (κ3) is 5.97. The number of halogens is 2. The first-order valence-electron chi connectivity index (χ1n) is 9.28. The van der Waals surface area contributed by atoms with Crippen molar-refractivity contribution in [1.29, 1.82) is 0 Å². The molecule has 2 aromatic carbocycles. The van der Waals surface area contributed by atoms with Gasteiger partial charge in [0.15, 0.2) is 0 Å². The summed E-state index contributed by atoms with van der Waals surface area (Å²) in [4.78, 5) is 14.2. The van der Waals surface area contributed by atoms with E-state index in [0.29, 0.717) is 23.0 Å². The SMILES string of the molecule is CC(C)(CCc1ccc(Cl)cc1)NCC(O)c1ccc(O)c2[nH]c(=O)ccc12.Cl. The summed E-state index contributed by atoms with van der Waals surface area (Å²) in [5, 5.41) is 25.5. The molecule has 0 spiro atoms. The topological polar surface area (TPSA) is 85.3 Å². The van der Waals surface area contributed by atoms with Crippen molar-refractivity contribution < 1.29 is 10.2 Å². The highest BCUT2D eigenvalue weighted by Gasteiger charge is 2.20. The number of aliphatic hydroxyl groups is 1. The molecule has 4 N–H and O–H groups in total. The number of rotatable bonds is 7. The molecule has 1 aromatic heterocycles. The maximum absolute atomic E-state index is 11.5. The summed E-state index contributed by atoms with van der Waals surface area (Å²) in [7, 11) is 0. The van der Waals surface area contributed by atoms with Crippen molar-refractivity contribution in [1.82, 2.24) is 10.3 Å². The minimum absolute atomic E-state index is 0. The van der Waals surface area contributed by atoms with Gasteiger partial charge in [-0.05, 0) is 62.1 Å². The van der Waals surface area contributed by atoms with Gasteiger partial charge < -0.3 is 20.5 Å². The second-order valence-electron chi connectivity index (χ2n) is 7.69. The van der Waals surface area contributed by atoms with Crippen LogP contribution in [0, 0.1) is 0 Å². The van der Waals surface area contributed by atoms with Gasteiger partial charge in [-0.3, -0.25) is 4.79 Å². The Labute approximate surface area is 181 Å². The summed E-state index contributed by atoms with van der Waals surface area (Å²) in [6, 6.07) is 14.0. The van der Waals surface area contributed by atoms with E-state index in [1.165, 1.54) is 17.7 Å². The number of aromatic amines is 1. The van der Waals surface area contributed by atoms with Crippen molar-refractivity contribution in [2.45, 2.75) is 38.3 Å². The van der Waals surface area contributed by atoms with Gasteiger partial charge in [-0.1, -0.05) is 29.8 Å². The zero-order valence-electron chi connectivity index (χ0n) is 16.4. The number of aromatic hydroxyl groups is 1. The van der Waals surface area contributed by atoms with Crippen LogP contribution in [0.4, 0.5) is 0 Å². The van der Waals surface area contributed by atoms with Crippen LogP contribution in [0.2, 0.25) is 5.02 Å². The van der Waals surface area contributed by atoms with E-state index in [-0.39, 0.29) is 29.3 Å². The molecule has 0 saturated carbocycles. The molecule has 0 radical (unpaired) electrons. The predicted octanol–water partition coefficient (Wildman–Crippen LogP) is 4.34. The predicted molar refractivity (Wildman–Crippen MR) is 120 cm³/mol. The summed E-state index contributed by atoms with van der Waals surface area (Å²) in [5.74, 6) is -0.0140. The molecular formula is C22H26Cl2N2O3. The van der Waals surface area contributed by atoms with Crippen molar-refractivity contribution in [3.63, 3.8) is 0 Å². The Hall–Kier alpha value is -2.05. The van der Waals surface area contributed by atoms with Gasteiger partial charge in [0.1, 0.15) is 5.75 Å². The van der Waals surface area contributed by atoms with Crippen LogP contribution in [-0.4, -0.2) is 27.3 Å². The molecule has 3 aromatic rings. The zero-order chi connectivity index (χ0) is 20.3. The standard InChI is InChI=1S/C22H25ClN2O3.ClH/c1-22(2,12-11-14-3-5-15(23)6-4-14)24-13-19(27)16-7-9-18(26)21-17(16)8-10-20(28)25-21;/h3-10,19,24,26-27H,11-13H2,1-2H3,(H,25,28);1H. The number of hydrogen-bond acceptors (Lipinski definition) is 4. The Balaban J connectivity index is 0.00000300. The first-order chi connectivity index (χ1) is 13.2. The largest absolute Gasteiger partial charge is 0.506 e. The maximum Gasteiger partial charge on any atom is 0.248 e. The fraction of sp³-hybridized carbons (Fsp3) is 0.318. The molecule has 1 atom stereocenters. The lowest BCUT2D eigenvalue weighted by Crippen LogP contribution is -2.42. The van der Waals surface area contributed by atoms with Crippen LogP contribution in [0.25, 0.3) is 10.9 Å². The van der Waals surface area contributed by atoms with Crippen molar-refractivity contribution in [3.05, 3.63) is 75.0 Å². The second kappa shape index (κ2) is 9.63. The van der Waals surface area contributed by atoms with Crippen molar-refractivity contribution in [2.24, 2.45) is 0 Å². The first-order valence-corrected chi connectivity index (χ1v) is 9.65. The molecule has 0 aliphatic heterocycles. The number of phenols is 1. The minimum atomic E-state index is -0.774. The van der Waals surface area contributed by atoms with Crippen LogP contribution >= 0.6 is 24.0 Å². The van der Waals surface area contributed by atoms with Gasteiger partial charge in [0.05, 0.1) is 11.6 Å². The summed E-state index contributed by atoms with van der Waals surface area (Å²) in [6.45, 7) is 4.55. The van der Waals surface area contributed by atoms with Gasteiger partial charge in [-0.25, -0.2) is 0 Å². The quantitative estimate of drug-likeness (QED) is 0.443. The number of phenolic OH excluding ortho intramolecular Hbond substituents is 1. The Morgan fingerprint density at radius 1 is 1.10 bits per heavy atom. The Morgan fingerprint density at radius 3 is 2.48 bits per heavy atom. The Bertz CT molecular complexity index is 1020. The molecule has 0 aliphatic carbocycles. The smallest absolute Gasteiger partial charge is 0.248 e. The summed E-state index contributed by atoms with van der Waals surface area (Å²) in [5.41, 5.74) is 1.74. The molecule has 29 heavy (non-hydrogen) atoms. The van der Waals surface area contributed by atoms with Gasteiger partial charge in [0.2, 0.25) is 5.56 Å². The number of aromatic nitrogens is 1. The number of hydrogen-bond donors (Lipinski definition) is 4.